The van der Waals surface area contributed by atoms with Crippen molar-refractivity contribution >= 4 is 23.4 Å². The normalized spacial score (nSPS) is 19.8. The summed E-state index contributed by atoms with van der Waals surface area (Å²) in [6, 6.07) is 1.90. The van der Waals surface area contributed by atoms with Crippen LogP contribution in [0.5, 0.6) is 0 Å². The molecule has 1 atom stereocenters. The number of pyridine rings is 1. The summed E-state index contributed by atoms with van der Waals surface area (Å²) >= 11 is 6.29. The van der Waals surface area contributed by atoms with Gasteiger partial charge < -0.3 is 19.7 Å². The van der Waals surface area contributed by atoms with E-state index in [4.69, 9.17) is 21.1 Å². The number of morpholine rings is 1. The molecule has 0 unspecified atom stereocenters. The van der Waals surface area contributed by atoms with Crippen LogP contribution < -0.4 is 10.2 Å². The lowest BCUT2D eigenvalue weighted by atomic mass is 10.0. The van der Waals surface area contributed by atoms with E-state index in [0.29, 0.717) is 11.7 Å². The van der Waals surface area contributed by atoms with E-state index in [1.54, 1.807) is 0 Å². The van der Waals surface area contributed by atoms with E-state index < -0.39 is 5.60 Å². The predicted octanol–water partition coefficient (Wildman–Crippen LogP) is 3.42. The molecule has 2 fully saturated rings. The van der Waals surface area contributed by atoms with Crippen molar-refractivity contribution in [2.45, 2.75) is 51.8 Å². The van der Waals surface area contributed by atoms with Crippen LogP contribution in [0.3, 0.4) is 0 Å². The first-order valence-corrected chi connectivity index (χ1v) is 12.4. The third-order valence-electron chi connectivity index (χ3n) is 6.02. The van der Waals surface area contributed by atoms with E-state index in [2.05, 4.69) is 31.4 Å². The molecule has 34 heavy (non-hydrogen) atoms. The van der Waals surface area contributed by atoms with E-state index in [1.165, 1.54) is 0 Å². The first kappa shape index (κ1) is 24.8. The molecule has 4 heterocycles. The average Bonchev–Trinajstić information content (AvgIpc) is 3.26. The van der Waals surface area contributed by atoms with Crippen molar-refractivity contribution in [3.8, 4) is 11.1 Å². The number of aromatic nitrogens is 3. The van der Waals surface area contributed by atoms with Gasteiger partial charge in [0.05, 0.1) is 26.0 Å². The Morgan fingerprint density at radius 1 is 1.24 bits per heavy atom. The smallest absolute Gasteiger partial charge is 0.407 e. The molecule has 2 aromatic rings. The monoisotopic (exact) mass is 490 g/mol. The zero-order chi connectivity index (χ0) is 24.1. The minimum absolute atomic E-state index is 0.000337. The molecular weight excluding hydrogens is 456 g/mol. The van der Waals surface area contributed by atoms with E-state index in [0.717, 1.165) is 75.6 Å². The van der Waals surface area contributed by atoms with Gasteiger partial charge in [-0.25, -0.2) is 9.78 Å². The number of halogens is 1. The van der Waals surface area contributed by atoms with Gasteiger partial charge in [-0.1, -0.05) is 11.6 Å². The summed E-state index contributed by atoms with van der Waals surface area (Å²) in [7, 11) is 0. The van der Waals surface area contributed by atoms with Gasteiger partial charge in [-0.3, -0.25) is 9.58 Å². The van der Waals surface area contributed by atoms with Crippen molar-refractivity contribution in [2.24, 2.45) is 0 Å². The highest BCUT2D eigenvalue weighted by atomic mass is 35.5. The number of ether oxygens (including phenoxy) is 2. The second-order valence-electron chi connectivity index (χ2n) is 9.90. The topological polar surface area (TPSA) is 84.8 Å². The summed E-state index contributed by atoms with van der Waals surface area (Å²) in [5.41, 5.74) is 2.47. The fourth-order valence-corrected chi connectivity index (χ4v) is 4.54. The molecule has 1 amide bonds. The summed E-state index contributed by atoms with van der Waals surface area (Å²) in [4.78, 5) is 21.3. The van der Waals surface area contributed by atoms with Gasteiger partial charge in [0.2, 0.25) is 0 Å². The van der Waals surface area contributed by atoms with Crippen LogP contribution in [0.25, 0.3) is 11.1 Å². The van der Waals surface area contributed by atoms with Crippen LogP contribution in [-0.2, 0) is 16.0 Å². The Kier molecular flexibility index (Phi) is 7.95. The number of nitrogens with zero attached hydrogens (tertiary/aromatic N) is 5. The highest BCUT2D eigenvalue weighted by molar-refractivity contribution is 6.29. The summed E-state index contributed by atoms with van der Waals surface area (Å²) in [6.45, 7) is 12.4. The fourth-order valence-electron chi connectivity index (χ4n) is 4.39. The summed E-state index contributed by atoms with van der Waals surface area (Å²) in [5.74, 6) is 0. The largest absolute Gasteiger partial charge is 0.444 e. The quantitative estimate of drug-likeness (QED) is 0.621. The van der Waals surface area contributed by atoms with Gasteiger partial charge in [0.1, 0.15) is 10.8 Å². The maximum atomic E-state index is 12.3. The molecule has 0 bridgehead atoms. The number of rotatable bonds is 6. The maximum Gasteiger partial charge on any atom is 0.407 e. The van der Waals surface area contributed by atoms with Crippen LogP contribution in [0.15, 0.2) is 24.7 Å². The number of alkyl carbamates (subject to hydrolysis) is 1. The number of carbonyl (C=O) groups excluding carboxylic acids is 1. The van der Waals surface area contributed by atoms with Crippen molar-refractivity contribution in [3.63, 3.8) is 0 Å². The second kappa shape index (κ2) is 10.9. The van der Waals surface area contributed by atoms with Gasteiger partial charge in [0.25, 0.3) is 0 Å². The molecule has 0 radical (unpaired) electrons. The highest BCUT2D eigenvalue weighted by Crippen LogP contribution is 2.33. The number of nitrogens with one attached hydrogen (secondary N) is 1. The number of hydrogen-bond acceptors (Lipinski definition) is 7. The van der Waals surface area contributed by atoms with Crippen LogP contribution in [0.4, 0.5) is 10.5 Å². The van der Waals surface area contributed by atoms with Crippen molar-refractivity contribution < 1.29 is 14.3 Å². The molecule has 186 valence electrons. The van der Waals surface area contributed by atoms with Gasteiger partial charge in [-0.15, -0.1) is 0 Å². The molecule has 0 saturated carbocycles. The zero-order valence-electron chi connectivity index (χ0n) is 20.3. The molecular formula is C24H35ClN6O3. The van der Waals surface area contributed by atoms with Gasteiger partial charge in [-0.05, 0) is 39.7 Å². The summed E-state index contributed by atoms with van der Waals surface area (Å²) in [5, 5.41) is 8.04. The second-order valence-corrected chi connectivity index (χ2v) is 10.3. The number of anilines is 1. The van der Waals surface area contributed by atoms with E-state index in [9.17, 15) is 4.79 Å². The lowest BCUT2D eigenvalue weighted by Gasteiger charge is -2.36. The van der Waals surface area contributed by atoms with Crippen LogP contribution in [0, 0.1) is 0 Å². The first-order valence-electron chi connectivity index (χ1n) is 12.0. The molecule has 1 N–H and O–H groups in total. The Morgan fingerprint density at radius 3 is 2.79 bits per heavy atom. The van der Waals surface area contributed by atoms with Crippen molar-refractivity contribution in [3.05, 3.63) is 29.8 Å². The molecule has 2 aliphatic heterocycles. The molecule has 2 aliphatic rings. The van der Waals surface area contributed by atoms with Gasteiger partial charge in [0, 0.05) is 68.0 Å². The molecule has 9 nitrogen and oxygen atoms in total. The van der Waals surface area contributed by atoms with E-state index >= 15 is 0 Å². The molecule has 2 aromatic heterocycles. The zero-order valence-corrected chi connectivity index (χ0v) is 21.1. The van der Waals surface area contributed by atoms with E-state index in [1.807, 2.05) is 43.9 Å². The third kappa shape index (κ3) is 6.84. The van der Waals surface area contributed by atoms with Crippen molar-refractivity contribution in [2.75, 3.05) is 50.8 Å². The van der Waals surface area contributed by atoms with Crippen LogP contribution >= 0.6 is 11.6 Å². The van der Waals surface area contributed by atoms with Crippen LogP contribution in [0.2, 0.25) is 5.15 Å². The summed E-state index contributed by atoms with van der Waals surface area (Å²) in [6.07, 6.45) is 7.24. The molecule has 4 rings (SSSR count). The molecule has 0 aliphatic carbocycles. The summed E-state index contributed by atoms with van der Waals surface area (Å²) < 4.78 is 12.8. The minimum atomic E-state index is -0.522. The first-order chi connectivity index (χ1) is 16.3. The Balaban J connectivity index is 1.44. The lowest BCUT2D eigenvalue weighted by molar-refractivity contribution is 0.0359. The SMILES string of the molecule is CC(C)(C)OC(=O)N[C@H]1CCCN(c2cc(Cl)ncc2-c2cnn(CCN3CCOCC3)c2)C1. The standard InChI is InChI=1S/C24H35ClN6O3/c1-24(2,3)34-23(32)28-19-5-4-6-30(17-19)21-13-22(25)26-15-20(21)18-14-27-31(16-18)8-7-29-9-11-33-12-10-29/h13-16,19H,4-12,17H2,1-3H3,(H,28,32)/t19-/m0/s1. The predicted molar refractivity (Wildman–Crippen MR) is 132 cm³/mol. The maximum absolute atomic E-state index is 12.3. The van der Waals surface area contributed by atoms with Crippen LogP contribution in [-0.4, -0.2) is 83.3 Å². The highest BCUT2D eigenvalue weighted by Gasteiger charge is 2.26. The molecule has 0 spiro atoms. The molecule has 10 heteroatoms. The lowest BCUT2D eigenvalue weighted by Crippen LogP contribution is -2.49. The molecule has 0 aromatic carbocycles. The van der Waals surface area contributed by atoms with Crippen molar-refractivity contribution in [1.82, 2.24) is 25.0 Å². The number of carbonyl (C=O) groups is 1. The van der Waals surface area contributed by atoms with Crippen molar-refractivity contribution in [1.29, 1.82) is 0 Å². The molecule has 2 saturated heterocycles. The van der Waals surface area contributed by atoms with Gasteiger partial charge in [0.15, 0.2) is 0 Å². The van der Waals surface area contributed by atoms with Gasteiger partial charge >= 0.3 is 6.09 Å². The van der Waals surface area contributed by atoms with E-state index in [-0.39, 0.29) is 12.1 Å². The fraction of sp³-hybridized carbons (Fsp3) is 0.625. The van der Waals surface area contributed by atoms with Gasteiger partial charge in [-0.2, -0.15) is 5.10 Å². The Hall–Kier alpha value is -2.36. The average molecular weight is 491 g/mol. The van der Waals surface area contributed by atoms with Crippen LogP contribution in [0.1, 0.15) is 33.6 Å². The Morgan fingerprint density at radius 2 is 2.03 bits per heavy atom. The third-order valence-corrected chi connectivity index (χ3v) is 6.23. The number of hydrogen-bond donors (Lipinski definition) is 1. The number of piperidine rings is 1. The minimum Gasteiger partial charge on any atom is -0.444 e. The number of amides is 1. The Bertz CT molecular complexity index is 970. The Labute approximate surface area is 206 Å².